The number of methoxy groups -OCH3 is 1. The molecular formula is C20H25F3N4O4. The van der Waals surface area contributed by atoms with Crippen LogP contribution in [-0.4, -0.2) is 65.6 Å². The number of rotatable bonds is 4. The fourth-order valence-corrected chi connectivity index (χ4v) is 3.86. The Labute approximate surface area is 177 Å². The molecule has 8 nitrogen and oxygen atoms in total. The molecule has 2 aliphatic heterocycles. The van der Waals surface area contributed by atoms with Gasteiger partial charge in [-0.2, -0.15) is 18.2 Å². The van der Waals surface area contributed by atoms with Crippen molar-refractivity contribution in [3.63, 3.8) is 0 Å². The second-order valence-corrected chi connectivity index (χ2v) is 7.81. The molecule has 2 fully saturated rings. The minimum Gasteiger partial charge on any atom is -0.497 e. The first-order chi connectivity index (χ1) is 14.6. The molecule has 2 aliphatic rings. The fourth-order valence-electron chi connectivity index (χ4n) is 3.86. The van der Waals surface area contributed by atoms with Crippen molar-refractivity contribution < 1.29 is 32.3 Å². The van der Waals surface area contributed by atoms with Gasteiger partial charge < -0.3 is 19.7 Å². The lowest BCUT2D eigenvalue weighted by molar-refractivity contribution is -0.192. The lowest BCUT2D eigenvalue weighted by Gasteiger charge is -2.25. The van der Waals surface area contributed by atoms with Crippen molar-refractivity contribution in [2.24, 2.45) is 5.41 Å². The maximum atomic E-state index is 10.6. The molecule has 11 heteroatoms. The number of ether oxygens (including phenoxy) is 1. The van der Waals surface area contributed by atoms with E-state index in [4.69, 9.17) is 19.2 Å². The van der Waals surface area contributed by atoms with Gasteiger partial charge in [-0.1, -0.05) is 5.16 Å². The van der Waals surface area contributed by atoms with Gasteiger partial charge in [-0.25, -0.2) is 4.79 Å². The van der Waals surface area contributed by atoms with E-state index in [1.54, 1.807) is 7.11 Å². The van der Waals surface area contributed by atoms with Crippen LogP contribution in [0.2, 0.25) is 0 Å². The van der Waals surface area contributed by atoms with Gasteiger partial charge in [-0.15, -0.1) is 0 Å². The summed E-state index contributed by atoms with van der Waals surface area (Å²) < 4.78 is 42.5. The number of aliphatic carboxylic acids is 1. The summed E-state index contributed by atoms with van der Waals surface area (Å²) in [6.45, 7) is 6.65. The van der Waals surface area contributed by atoms with Crippen LogP contribution in [0.3, 0.4) is 0 Å². The van der Waals surface area contributed by atoms with Gasteiger partial charge in [0.05, 0.1) is 13.2 Å². The highest BCUT2D eigenvalue weighted by Gasteiger charge is 2.42. The number of hydrogen-bond acceptors (Lipinski definition) is 7. The third-order valence-electron chi connectivity index (χ3n) is 5.74. The first-order valence-electron chi connectivity index (χ1n) is 9.86. The van der Waals surface area contributed by atoms with Crippen LogP contribution in [0.4, 0.5) is 13.2 Å². The van der Waals surface area contributed by atoms with Crippen LogP contribution in [0.1, 0.15) is 31.7 Å². The average molecular weight is 442 g/mol. The topological polar surface area (TPSA) is 101 Å². The van der Waals surface area contributed by atoms with Crippen molar-refractivity contribution in [1.82, 2.24) is 20.4 Å². The number of aromatic nitrogens is 2. The summed E-state index contributed by atoms with van der Waals surface area (Å²) in [5, 5.41) is 14.8. The molecule has 0 aliphatic carbocycles. The number of carbonyl (C=O) groups is 1. The van der Waals surface area contributed by atoms with Gasteiger partial charge in [0.1, 0.15) is 5.75 Å². The minimum absolute atomic E-state index is 0.157. The molecule has 2 saturated heterocycles. The summed E-state index contributed by atoms with van der Waals surface area (Å²) in [6, 6.07) is 7.88. The van der Waals surface area contributed by atoms with E-state index in [2.05, 4.69) is 27.3 Å². The maximum Gasteiger partial charge on any atom is 0.490 e. The molecule has 1 spiro atoms. The Hall–Kier alpha value is -2.66. The molecule has 2 N–H and O–H groups in total. The molecule has 0 saturated carbocycles. The molecule has 0 amide bonds. The van der Waals surface area contributed by atoms with Crippen LogP contribution < -0.4 is 10.1 Å². The number of nitrogens with zero attached hydrogens (tertiary/aromatic N) is 3. The van der Waals surface area contributed by atoms with Crippen molar-refractivity contribution in [2.75, 3.05) is 33.3 Å². The normalized spacial score (nSPS) is 22.2. The number of halogens is 3. The van der Waals surface area contributed by atoms with E-state index >= 15 is 0 Å². The van der Waals surface area contributed by atoms with E-state index in [1.807, 2.05) is 24.3 Å². The largest absolute Gasteiger partial charge is 0.497 e. The number of carboxylic acid groups (broad SMARTS) is 1. The lowest BCUT2D eigenvalue weighted by Crippen LogP contribution is -2.30. The summed E-state index contributed by atoms with van der Waals surface area (Å²) in [5.74, 6) is -0.601. The average Bonchev–Trinajstić information content (AvgIpc) is 3.49. The molecule has 31 heavy (non-hydrogen) atoms. The van der Waals surface area contributed by atoms with Crippen LogP contribution in [0, 0.1) is 5.41 Å². The molecule has 1 aromatic heterocycles. The highest BCUT2D eigenvalue weighted by molar-refractivity contribution is 5.73. The molecule has 1 aromatic carbocycles. The Bertz CT molecular complexity index is 879. The van der Waals surface area contributed by atoms with E-state index < -0.39 is 12.1 Å². The van der Waals surface area contributed by atoms with Crippen LogP contribution in [0.25, 0.3) is 11.4 Å². The Morgan fingerprint density at radius 2 is 2.00 bits per heavy atom. The third kappa shape index (κ3) is 5.53. The zero-order chi connectivity index (χ0) is 22.6. The summed E-state index contributed by atoms with van der Waals surface area (Å²) in [6.07, 6.45) is -2.55. The zero-order valence-corrected chi connectivity index (χ0v) is 17.3. The lowest BCUT2D eigenvalue weighted by atomic mass is 9.86. The predicted octanol–water partition coefficient (Wildman–Crippen LogP) is 3.12. The predicted molar refractivity (Wildman–Crippen MR) is 105 cm³/mol. The quantitative estimate of drug-likeness (QED) is 0.745. The van der Waals surface area contributed by atoms with Crippen molar-refractivity contribution in [3.8, 4) is 17.1 Å². The molecular weight excluding hydrogens is 417 g/mol. The highest BCUT2D eigenvalue weighted by atomic mass is 19.4. The molecule has 3 heterocycles. The summed E-state index contributed by atoms with van der Waals surface area (Å²) >= 11 is 0. The Morgan fingerprint density at radius 1 is 1.32 bits per heavy atom. The number of nitrogens with one attached hydrogen (secondary N) is 1. The molecule has 0 bridgehead atoms. The van der Waals surface area contributed by atoms with Crippen molar-refractivity contribution in [3.05, 3.63) is 30.2 Å². The van der Waals surface area contributed by atoms with Crippen LogP contribution >= 0.6 is 0 Å². The summed E-state index contributed by atoms with van der Waals surface area (Å²) in [4.78, 5) is 16.0. The molecule has 170 valence electrons. The van der Waals surface area contributed by atoms with Crippen molar-refractivity contribution in [2.45, 2.75) is 32.0 Å². The Kier molecular flexibility index (Phi) is 6.85. The first kappa shape index (κ1) is 23.0. The number of benzene rings is 1. The van der Waals surface area contributed by atoms with Gasteiger partial charge in [0.15, 0.2) is 0 Å². The molecule has 2 unspecified atom stereocenters. The number of likely N-dealkylation sites (tertiary alicyclic amines) is 1. The van der Waals surface area contributed by atoms with Crippen LogP contribution in [-0.2, 0) is 4.79 Å². The number of alkyl halides is 3. The molecule has 2 atom stereocenters. The van der Waals surface area contributed by atoms with E-state index in [0.29, 0.717) is 17.1 Å². The van der Waals surface area contributed by atoms with Gasteiger partial charge in [-0.3, -0.25) is 4.90 Å². The molecule has 2 aromatic rings. The summed E-state index contributed by atoms with van der Waals surface area (Å²) in [7, 11) is 1.66. The molecule has 0 radical (unpaired) electrons. The first-order valence-corrected chi connectivity index (χ1v) is 9.86. The smallest absolute Gasteiger partial charge is 0.490 e. The Balaban J connectivity index is 0.000000339. The second kappa shape index (κ2) is 9.23. The maximum absolute atomic E-state index is 10.6. The third-order valence-corrected chi connectivity index (χ3v) is 5.74. The van der Waals surface area contributed by atoms with Gasteiger partial charge in [0.2, 0.25) is 11.7 Å². The zero-order valence-electron chi connectivity index (χ0n) is 17.3. The van der Waals surface area contributed by atoms with Gasteiger partial charge in [-0.05, 0) is 62.5 Å². The van der Waals surface area contributed by atoms with Crippen LogP contribution in [0.5, 0.6) is 5.75 Å². The van der Waals surface area contributed by atoms with E-state index in [-0.39, 0.29) is 6.04 Å². The SMILES string of the molecule is COc1ccc(-c2noc(C(C)N3CCC4(CCNC4)C3)n2)cc1.O=C(O)C(F)(F)F. The summed E-state index contributed by atoms with van der Waals surface area (Å²) in [5.41, 5.74) is 1.39. The molecule has 4 rings (SSSR count). The van der Waals surface area contributed by atoms with E-state index in [9.17, 15) is 13.2 Å². The van der Waals surface area contributed by atoms with Gasteiger partial charge in [0.25, 0.3) is 0 Å². The minimum atomic E-state index is -5.08. The van der Waals surface area contributed by atoms with Gasteiger partial charge in [0, 0.05) is 18.7 Å². The van der Waals surface area contributed by atoms with Crippen molar-refractivity contribution in [1.29, 1.82) is 0 Å². The number of hydrogen-bond donors (Lipinski definition) is 2. The highest BCUT2D eigenvalue weighted by Crippen LogP contribution is 2.39. The number of carboxylic acids is 1. The van der Waals surface area contributed by atoms with Gasteiger partial charge >= 0.3 is 12.1 Å². The second-order valence-electron chi connectivity index (χ2n) is 7.81. The Morgan fingerprint density at radius 3 is 2.55 bits per heavy atom. The van der Waals surface area contributed by atoms with Crippen molar-refractivity contribution >= 4 is 5.97 Å². The standard InChI is InChI=1S/C18H24N4O2.C2HF3O2/c1-13(22-10-8-18(12-22)7-9-19-11-18)17-20-16(21-24-17)14-3-5-15(23-2)6-4-14;3-2(4,5)1(6)7/h3-6,13,19H,7-12H2,1-2H3;(H,6,7). The van der Waals surface area contributed by atoms with Crippen LogP contribution in [0.15, 0.2) is 28.8 Å². The fraction of sp³-hybridized carbons (Fsp3) is 0.550. The van der Waals surface area contributed by atoms with E-state index in [1.165, 1.54) is 12.8 Å². The van der Waals surface area contributed by atoms with E-state index in [0.717, 1.165) is 37.5 Å². The monoisotopic (exact) mass is 442 g/mol.